The molecule has 0 aliphatic carbocycles. The third-order valence-electron chi connectivity index (χ3n) is 8.02. The van der Waals surface area contributed by atoms with E-state index in [1.807, 2.05) is 112 Å². The fourth-order valence-electron chi connectivity index (χ4n) is 5.72. The molecule has 0 unspecified atom stereocenters. The van der Waals surface area contributed by atoms with Crippen molar-refractivity contribution >= 4 is 21.8 Å². The van der Waals surface area contributed by atoms with Crippen LogP contribution in [-0.2, 0) is 40.8 Å². The Morgan fingerprint density at radius 1 is 0.500 bits per heavy atom. The molecule has 0 fully saturated rings. The molecular weight excluding hydrogens is 835 g/mol. The first-order chi connectivity index (χ1) is 24.7. The van der Waals surface area contributed by atoms with Gasteiger partial charge in [0.1, 0.15) is 0 Å². The van der Waals surface area contributed by atoms with Gasteiger partial charge in [-0.1, -0.05) is 47.4 Å². The van der Waals surface area contributed by atoms with Crippen LogP contribution in [0.1, 0.15) is 0 Å². The molecular formula is C41H23N7O2Pd2. The second kappa shape index (κ2) is 15.2. The van der Waals surface area contributed by atoms with E-state index in [9.17, 15) is 0 Å². The molecule has 9 aromatic rings. The molecule has 0 bridgehead atoms. The molecule has 0 radical (unpaired) electrons. The van der Waals surface area contributed by atoms with Crippen LogP contribution in [0.15, 0.2) is 141 Å². The van der Waals surface area contributed by atoms with Gasteiger partial charge in [-0.25, -0.2) is 15.0 Å². The molecule has 0 aliphatic heterocycles. The standard InChI is InChI=1S/C41H23N7O2.2Pd/c1-3-17-43-37(11-1)28-7-5-9-31(21-28)49-33-13-15-35-36-16-14-34(50-32-10-6-8-29(22-32)38-12-2-4-18-44-38)24-40(36)48(39(35)23-33)41-45-25-30(26-46-41)47-20-19-42-27-47;;/h1-20,25-27H;;/q-4;2*+2. The minimum atomic E-state index is 0. The van der Waals surface area contributed by atoms with Crippen LogP contribution in [0.2, 0.25) is 0 Å². The maximum Gasteiger partial charge on any atom is 2.00 e. The van der Waals surface area contributed by atoms with Gasteiger partial charge in [0.05, 0.1) is 24.4 Å². The van der Waals surface area contributed by atoms with Crippen molar-refractivity contribution in [3.63, 3.8) is 0 Å². The Hall–Kier alpha value is -5.81. The molecule has 5 heterocycles. The average Bonchev–Trinajstić information content (AvgIpc) is 3.83. The summed E-state index contributed by atoms with van der Waals surface area (Å²) in [5, 5.41) is 1.85. The van der Waals surface area contributed by atoms with Gasteiger partial charge in [0, 0.05) is 47.8 Å². The number of rotatable bonds is 8. The minimum absolute atomic E-state index is 0. The van der Waals surface area contributed by atoms with Crippen LogP contribution < -0.4 is 9.47 Å². The van der Waals surface area contributed by atoms with Crippen LogP contribution in [0.5, 0.6) is 23.0 Å². The first-order valence-corrected chi connectivity index (χ1v) is 15.7. The SMILES string of the molecule is [Pd+2].[Pd+2].[c-]1c(Oc2[c-]c3c(cc2)c2ccc(Oc4[c-]c(-c5ccccn5)ccc4)[c-]c2n3-c2ncc(-n3ccnc3)cn2)cccc1-c1ccccn1. The molecule has 9 rings (SSSR count). The van der Waals surface area contributed by atoms with E-state index in [4.69, 9.17) is 19.4 Å². The van der Waals surface area contributed by atoms with Gasteiger partial charge in [-0.15, -0.1) is 71.8 Å². The summed E-state index contributed by atoms with van der Waals surface area (Å²) in [5.41, 5.74) is 5.48. The summed E-state index contributed by atoms with van der Waals surface area (Å²) in [7, 11) is 0. The van der Waals surface area contributed by atoms with Gasteiger partial charge in [0.2, 0.25) is 5.95 Å². The first kappa shape index (κ1) is 34.6. The van der Waals surface area contributed by atoms with Crippen molar-refractivity contribution in [3.05, 3.63) is 165 Å². The third kappa shape index (κ3) is 6.92. The van der Waals surface area contributed by atoms with Crippen molar-refractivity contribution in [1.29, 1.82) is 0 Å². The quantitative estimate of drug-likeness (QED) is 0.112. The number of hydrogen-bond donors (Lipinski definition) is 0. The zero-order valence-electron chi connectivity index (χ0n) is 26.9. The summed E-state index contributed by atoms with van der Waals surface area (Å²) in [6, 6.07) is 44.3. The molecule has 11 heteroatoms. The van der Waals surface area contributed by atoms with Crippen LogP contribution in [0, 0.1) is 24.3 Å². The molecule has 52 heavy (non-hydrogen) atoms. The minimum Gasteiger partial charge on any atom is -0.503 e. The Morgan fingerprint density at radius 3 is 1.52 bits per heavy atom. The van der Waals surface area contributed by atoms with E-state index >= 15 is 0 Å². The summed E-state index contributed by atoms with van der Waals surface area (Å²) in [6.07, 6.45) is 12.3. The molecule has 0 amide bonds. The van der Waals surface area contributed by atoms with Crippen LogP contribution in [-0.4, -0.2) is 34.1 Å². The van der Waals surface area contributed by atoms with Gasteiger partial charge in [-0.05, 0) is 23.5 Å². The van der Waals surface area contributed by atoms with Gasteiger partial charge in [-0.2, -0.15) is 22.9 Å². The van der Waals surface area contributed by atoms with E-state index < -0.39 is 0 Å². The number of fused-ring (bicyclic) bond motifs is 3. The predicted molar refractivity (Wildman–Crippen MR) is 188 cm³/mol. The van der Waals surface area contributed by atoms with E-state index in [1.165, 1.54) is 0 Å². The van der Waals surface area contributed by atoms with E-state index in [1.54, 1.807) is 37.3 Å². The number of imidazole rings is 1. The molecule has 5 aromatic heterocycles. The second-order valence-electron chi connectivity index (χ2n) is 11.2. The molecule has 4 aromatic carbocycles. The van der Waals surface area contributed by atoms with Crippen LogP contribution >= 0.6 is 0 Å². The summed E-state index contributed by atoms with van der Waals surface area (Å²) >= 11 is 0. The van der Waals surface area contributed by atoms with Gasteiger partial charge >= 0.3 is 40.8 Å². The maximum absolute atomic E-state index is 6.31. The fraction of sp³-hybridized carbons (Fsp3) is 0. The Kier molecular flexibility index (Phi) is 10.1. The molecule has 0 spiro atoms. The van der Waals surface area contributed by atoms with E-state index in [-0.39, 0.29) is 40.8 Å². The number of ether oxygens (including phenoxy) is 2. The average molecular weight is 859 g/mol. The summed E-state index contributed by atoms with van der Waals surface area (Å²) in [6.45, 7) is 0. The zero-order chi connectivity index (χ0) is 33.3. The number of nitrogens with zero attached hydrogens (tertiary/aromatic N) is 7. The Bertz CT molecular complexity index is 2460. The van der Waals surface area contributed by atoms with Gasteiger partial charge < -0.3 is 28.6 Å². The molecule has 0 atom stereocenters. The fourth-order valence-corrected chi connectivity index (χ4v) is 5.72. The van der Waals surface area contributed by atoms with Gasteiger partial charge in [-0.3, -0.25) is 0 Å². The molecule has 9 nitrogen and oxygen atoms in total. The Labute approximate surface area is 326 Å². The molecule has 0 N–H and O–H groups in total. The van der Waals surface area contributed by atoms with Crippen LogP contribution in [0.25, 0.3) is 56.0 Å². The van der Waals surface area contributed by atoms with Gasteiger partial charge in [0.25, 0.3) is 0 Å². The zero-order valence-corrected chi connectivity index (χ0v) is 30.0. The monoisotopic (exact) mass is 857 g/mol. The van der Waals surface area contributed by atoms with Crippen LogP contribution in [0.3, 0.4) is 0 Å². The third-order valence-corrected chi connectivity index (χ3v) is 8.02. The molecule has 0 saturated heterocycles. The Morgan fingerprint density at radius 2 is 1.04 bits per heavy atom. The number of aromatic nitrogens is 7. The molecule has 254 valence electrons. The maximum atomic E-state index is 6.31. The van der Waals surface area contributed by atoms with Crippen LogP contribution in [0.4, 0.5) is 0 Å². The van der Waals surface area contributed by atoms with E-state index in [2.05, 4.69) is 39.2 Å². The number of benzene rings is 4. The summed E-state index contributed by atoms with van der Waals surface area (Å²) in [5.74, 6) is 2.52. The summed E-state index contributed by atoms with van der Waals surface area (Å²) in [4.78, 5) is 22.5. The smallest absolute Gasteiger partial charge is 0.503 e. The van der Waals surface area contributed by atoms with E-state index in [0.717, 1.165) is 39.0 Å². The van der Waals surface area contributed by atoms with Crippen molar-refractivity contribution in [1.82, 2.24) is 34.1 Å². The Balaban J connectivity index is 0.00000210. The summed E-state index contributed by atoms with van der Waals surface area (Å²) < 4.78 is 16.4. The van der Waals surface area contributed by atoms with Crippen molar-refractivity contribution < 1.29 is 50.3 Å². The van der Waals surface area contributed by atoms with Gasteiger partial charge in [0.15, 0.2) is 0 Å². The largest absolute Gasteiger partial charge is 2.00 e. The topological polar surface area (TPSA) is 92.8 Å². The predicted octanol–water partition coefficient (Wildman–Crippen LogP) is 8.66. The second-order valence-corrected chi connectivity index (χ2v) is 11.2. The van der Waals surface area contributed by atoms with E-state index in [0.29, 0.717) is 40.0 Å². The van der Waals surface area contributed by atoms with Crippen molar-refractivity contribution in [2.24, 2.45) is 0 Å². The molecule has 0 aliphatic rings. The number of pyridine rings is 2. The van der Waals surface area contributed by atoms with Crippen molar-refractivity contribution in [3.8, 4) is 57.1 Å². The van der Waals surface area contributed by atoms with Crippen molar-refractivity contribution in [2.45, 2.75) is 0 Å². The van der Waals surface area contributed by atoms with Crippen molar-refractivity contribution in [2.75, 3.05) is 0 Å². The molecule has 0 saturated carbocycles. The normalized spacial score (nSPS) is 10.8. The first-order valence-electron chi connectivity index (χ1n) is 15.7. The number of hydrogen-bond acceptors (Lipinski definition) is 7.